The number of carbonyl (C=O) groups excluding carboxylic acids is 2. The number of hydrogen-bond acceptors (Lipinski definition) is 2. The van der Waals surface area contributed by atoms with Crippen LogP contribution in [0.3, 0.4) is 0 Å². The average molecular weight is 441 g/mol. The molecule has 0 fully saturated rings. The zero-order valence-corrected chi connectivity index (χ0v) is 17.2. The molecular formula is C19H25F6N3O2. The molecule has 5 nitrogen and oxygen atoms in total. The molecule has 3 amide bonds. The minimum Gasteiger partial charge on any atom is -0.336 e. The molecule has 1 unspecified atom stereocenters. The molecule has 1 aromatic carbocycles. The molecule has 30 heavy (non-hydrogen) atoms. The fraction of sp³-hybridized carbons (Fsp3) is 0.579. The topological polar surface area (TPSA) is 61.4 Å². The predicted molar refractivity (Wildman–Crippen MR) is 99.8 cm³/mol. The Labute approximate surface area is 170 Å². The quantitative estimate of drug-likeness (QED) is 0.619. The van der Waals surface area contributed by atoms with E-state index >= 15 is 0 Å². The van der Waals surface area contributed by atoms with Crippen molar-refractivity contribution in [3.63, 3.8) is 0 Å². The number of benzene rings is 1. The third-order valence-electron chi connectivity index (χ3n) is 4.11. The SMILES string of the molecule is Cc1ccc(NC(=O)C(C(C(F)(F)F)C(F)(F)F)N(C(=O)NC(C)C)C(C)C)cc1. The van der Waals surface area contributed by atoms with E-state index in [1.807, 2.05) is 0 Å². The lowest BCUT2D eigenvalue weighted by Gasteiger charge is -2.40. The van der Waals surface area contributed by atoms with Gasteiger partial charge in [0.1, 0.15) is 6.04 Å². The molecule has 0 radical (unpaired) electrons. The van der Waals surface area contributed by atoms with Crippen LogP contribution in [0.1, 0.15) is 33.3 Å². The van der Waals surface area contributed by atoms with Gasteiger partial charge in [0.05, 0.1) is 0 Å². The first-order valence-corrected chi connectivity index (χ1v) is 9.15. The number of nitrogens with zero attached hydrogens (tertiary/aromatic N) is 1. The van der Waals surface area contributed by atoms with Crippen LogP contribution in [0.2, 0.25) is 0 Å². The van der Waals surface area contributed by atoms with Gasteiger partial charge in [-0.2, -0.15) is 26.3 Å². The molecule has 170 valence electrons. The van der Waals surface area contributed by atoms with Crippen molar-refractivity contribution in [2.45, 2.75) is 65.1 Å². The summed E-state index contributed by atoms with van der Waals surface area (Å²) in [5.74, 6) is -5.66. The summed E-state index contributed by atoms with van der Waals surface area (Å²) in [4.78, 5) is 25.5. The number of amides is 3. The second-order valence-electron chi connectivity index (χ2n) is 7.47. The normalized spacial score (nSPS) is 13.5. The van der Waals surface area contributed by atoms with Crippen LogP contribution >= 0.6 is 0 Å². The lowest BCUT2D eigenvalue weighted by molar-refractivity contribution is -0.295. The number of hydrogen-bond donors (Lipinski definition) is 2. The second kappa shape index (κ2) is 9.57. The third-order valence-corrected chi connectivity index (χ3v) is 4.11. The van der Waals surface area contributed by atoms with Gasteiger partial charge in [-0.1, -0.05) is 17.7 Å². The van der Waals surface area contributed by atoms with Crippen molar-refractivity contribution in [3.8, 4) is 0 Å². The van der Waals surface area contributed by atoms with Gasteiger partial charge in [-0.05, 0) is 46.8 Å². The maximum absolute atomic E-state index is 13.5. The first kappa shape index (κ1) is 25.6. The Morgan fingerprint density at radius 1 is 0.900 bits per heavy atom. The van der Waals surface area contributed by atoms with Gasteiger partial charge in [-0.25, -0.2) is 4.79 Å². The van der Waals surface area contributed by atoms with Crippen LogP contribution in [-0.4, -0.2) is 47.3 Å². The standard InChI is InChI=1S/C19H25F6N3O2/c1-10(2)26-17(30)28(11(3)4)14(15(18(20,21)22)19(23,24)25)16(29)27-13-8-6-12(5)7-9-13/h6-11,14-15H,1-5H3,(H,26,30)(H,27,29). The van der Waals surface area contributed by atoms with Crippen LogP contribution < -0.4 is 10.6 Å². The molecular weight excluding hydrogens is 416 g/mol. The van der Waals surface area contributed by atoms with Crippen LogP contribution in [0, 0.1) is 12.8 Å². The van der Waals surface area contributed by atoms with Gasteiger partial charge >= 0.3 is 18.4 Å². The predicted octanol–water partition coefficient (Wildman–Crippen LogP) is 4.87. The summed E-state index contributed by atoms with van der Waals surface area (Å²) in [5.41, 5.74) is 0.778. The summed E-state index contributed by atoms with van der Waals surface area (Å²) < 4.78 is 81.1. The van der Waals surface area contributed by atoms with Crippen LogP contribution in [0.5, 0.6) is 0 Å². The highest BCUT2D eigenvalue weighted by Crippen LogP contribution is 2.43. The van der Waals surface area contributed by atoms with Crippen LogP contribution in [0.15, 0.2) is 24.3 Å². The molecule has 0 aliphatic heterocycles. The highest BCUT2D eigenvalue weighted by molar-refractivity contribution is 5.97. The van der Waals surface area contributed by atoms with Crippen LogP contribution in [0.25, 0.3) is 0 Å². The van der Waals surface area contributed by atoms with E-state index < -0.39 is 48.3 Å². The lowest BCUT2D eigenvalue weighted by Crippen LogP contribution is -2.63. The van der Waals surface area contributed by atoms with E-state index in [1.165, 1.54) is 52.0 Å². The zero-order valence-electron chi connectivity index (χ0n) is 17.2. The van der Waals surface area contributed by atoms with Gasteiger partial charge in [-0.15, -0.1) is 0 Å². The summed E-state index contributed by atoms with van der Waals surface area (Å²) in [6.07, 6.45) is -11.6. The Kier molecular flexibility index (Phi) is 8.16. The number of anilines is 1. The Balaban J connectivity index is 3.53. The van der Waals surface area contributed by atoms with Gasteiger partial charge in [0.25, 0.3) is 0 Å². The van der Waals surface area contributed by atoms with E-state index in [4.69, 9.17) is 0 Å². The molecule has 2 N–H and O–H groups in total. The van der Waals surface area contributed by atoms with Crippen molar-refractivity contribution in [2.75, 3.05) is 5.32 Å². The molecule has 0 aromatic heterocycles. The molecule has 0 aliphatic carbocycles. The van der Waals surface area contributed by atoms with E-state index in [9.17, 15) is 35.9 Å². The molecule has 0 saturated carbocycles. The van der Waals surface area contributed by atoms with Crippen molar-refractivity contribution in [2.24, 2.45) is 5.92 Å². The van der Waals surface area contributed by atoms with E-state index in [-0.39, 0.29) is 10.6 Å². The first-order valence-electron chi connectivity index (χ1n) is 9.15. The molecule has 0 spiro atoms. The summed E-state index contributed by atoms with van der Waals surface area (Å²) in [6.45, 7) is 7.16. The third kappa shape index (κ3) is 6.81. The fourth-order valence-electron chi connectivity index (χ4n) is 2.84. The number of urea groups is 1. The maximum atomic E-state index is 13.5. The maximum Gasteiger partial charge on any atom is 0.403 e. The van der Waals surface area contributed by atoms with Crippen molar-refractivity contribution >= 4 is 17.6 Å². The number of carbonyl (C=O) groups is 2. The molecule has 0 aliphatic rings. The Hall–Kier alpha value is -2.46. The highest BCUT2D eigenvalue weighted by Gasteiger charge is 2.64. The van der Waals surface area contributed by atoms with Crippen molar-refractivity contribution in [1.82, 2.24) is 10.2 Å². The summed E-state index contributed by atoms with van der Waals surface area (Å²) >= 11 is 0. The van der Waals surface area contributed by atoms with E-state index in [0.717, 1.165) is 5.56 Å². The zero-order chi connectivity index (χ0) is 23.4. The number of halogens is 6. The van der Waals surface area contributed by atoms with E-state index in [2.05, 4.69) is 10.6 Å². The smallest absolute Gasteiger partial charge is 0.336 e. The van der Waals surface area contributed by atoms with Gasteiger partial charge in [-0.3, -0.25) is 4.79 Å². The summed E-state index contributed by atoms with van der Waals surface area (Å²) in [6, 6.07) is -0.0436. The second-order valence-corrected chi connectivity index (χ2v) is 7.47. The number of rotatable bonds is 6. The van der Waals surface area contributed by atoms with E-state index in [0.29, 0.717) is 0 Å². The molecule has 1 atom stereocenters. The Morgan fingerprint density at radius 3 is 1.73 bits per heavy atom. The average Bonchev–Trinajstić information content (AvgIpc) is 2.52. The van der Waals surface area contributed by atoms with Gasteiger partial charge in [0.2, 0.25) is 5.91 Å². The summed E-state index contributed by atoms with van der Waals surface area (Å²) in [7, 11) is 0. The number of nitrogens with one attached hydrogen (secondary N) is 2. The molecule has 0 heterocycles. The van der Waals surface area contributed by atoms with Crippen LogP contribution in [0.4, 0.5) is 36.8 Å². The van der Waals surface area contributed by atoms with Crippen LogP contribution in [-0.2, 0) is 4.79 Å². The highest BCUT2D eigenvalue weighted by atomic mass is 19.4. The first-order chi connectivity index (χ1) is 13.6. The van der Waals surface area contributed by atoms with Gasteiger partial charge in [0.15, 0.2) is 5.92 Å². The molecule has 11 heteroatoms. The Morgan fingerprint density at radius 2 is 1.37 bits per heavy atom. The van der Waals surface area contributed by atoms with Crippen molar-refractivity contribution in [3.05, 3.63) is 29.8 Å². The minimum absolute atomic E-state index is 0.00618. The molecule has 1 aromatic rings. The molecule has 0 saturated heterocycles. The largest absolute Gasteiger partial charge is 0.403 e. The van der Waals surface area contributed by atoms with Gasteiger partial charge < -0.3 is 15.5 Å². The molecule has 1 rings (SSSR count). The number of alkyl halides is 6. The van der Waals surface area contributed by atoms with Crippen molar-refractivity contribution in [1.29, 1.82) is 0 Å². The van der Waals surface area contributed by atoms with E-state index in [1.54, 1.807) is 6.92 Å². The molecule has 0 bridgehead atoms. The fourth-order valence-corrected chi connectivity index (χ4v) is 2.84. The number of aryl methyl sites for hydroxylation is 1. The van der Waals surface area contributed by atoms with Crippen molar-refractivity contribution < 1.29 is 35.9 Å². The minimum atomic E-state index is -5.82. The summed E-state index contributed by atoms with van der Waals surface area (Å²) in [5, 5.41) is 4.34. The van der Waals surface area contributed by atoms with Gasteiger partial charge in [0, 0.05) is 17.8 Å². The lowest BCUT2D eigenvalue weighted by atomic mass is 9.94. The Bertz CT molecular complexity index is 715. The monoisotopic (exact) mass is 441 g/mol.